The molecule has 6 nitrogen and oxygen atoms in total. The Morgan fingerprint density at radius 3 is 2.65 bits per heavy atom. The second kappa shape index (κ2) is 9.89. The third-order valence-corrected chi connectivity index (χ3v) is 6.88. The van der Waals surface area contributed by atoms with Crippen molar-refractivity contribution in [2.75, 3.05) is 26.3 Å². The van der Waals surface area contributed by atoms with E-state index in [-0.39, 0.29) is 17.6 Å². The van der Waals surface area contributed by atoms with Crippen LogP contribution in [0.4, 0.5) is 4.39 Å². The molecule has 34 heavy (non-hydrogen) atoms. The Labute approximate surface area is 198 Å². The van der Waals surface area contributed by atoms with Crippen LogP contribution in [0, 0.1) is 5.82 Å². The standard InChI is InChI=1S/C27H28FN3O3/c28-22-8-4-7-21(18-22)27(11-16-33-17-12-27)26(32)31-15-5-6-20(19-31)24-25(30-14-13-29-24)34-23-9-2-1-3-10-23/h1-4,7-10,13-14,18,20H,5-6,11-12,15-17,19H2. The van der Waals surface area contributed by atoms with E-state index in [1.54, 1.807) is 18.5 Å². The van der Waals surface area contributed by atoms with Crippen LogP contribution in [0.3, 0.4) is 0 Å². The second-order valence-electron chi connectivity index (χ2n) is 8.96. The molecular weight excluding hydrogens is 433 g/mol. The third kappa shape index (κ3) is 4.53. The SMILES string of the molecule is O=C(N1CCCC(c2nccnc2Oc2ccccc2)C1)C1(c2cccc(F)c2)CCOCC1. The molecule has 0 N–H and O–H groups in total. The summed E-state index contributed by atoms with van der Waals surface area (Å²) < 4.78 is 25.7. The molecular formula is C27H28FN3O3. The van der Waals surface area contributed by atoms with Gasteiger partial charge in [0, 0.05) is 44.6 Å². The summed E-state index contributed by atoms with van der Waals surface area (Å²) in [6, 6.07) is 16.0. The number of piperidine rings is 1. The van der Waals surface area contributed by atoms with Gasteiger partial charge in [-0.2, -0.15) is 0 Å². The normalized spacial score (nSPS) is 20.0. The van der Waals surface area contributed by atoms with Crippen molar-refractivity contribution >= 4 is 5.91 Å². The molecule has 0 bridgehead atoms. The van der Waals surface area contributed by atoms with E-state index in [1.807, 2.05) is 41.3 Å². The van der Waals surface area contributed by atoms with Gasteiger partial charge in [0.15, 0.2) is 0 Å². The zero-order valence-electron chi connectivity index (χ0n) is 19.0. The highest BCUT2D eigenvalue weighted by Gasteiger charge is 2.45. The van der Waals surface area contributed by atoms with Crippen LogP contribution in [0.1, 0.15) is 42.9 Å². The molecule has 176 valence electrons. The number of carbonyl (C=O) groups excluding carboxylic acids is 1. The van der Waals surface area contributed by atoms with Crippen LogP contribution in [0.2, 0.25) is 0 Å². The van der Waals surface area contributed by atoms with Gasteiger partial charge in [0.05, 0.1) is 5.41 Å². The maximum atomic E-state index is 14.1. The highest BCUT2D eigenvalue weighted by atomic mass is 19.1. The minimum absolute atomic E-state index is 0.00881. The number of hydrogen-bond acceptors (Lipinski definition) is 5. The van der Waals surface area contributed by atoms with Crippen molar-refractivity contribution in [2.24, 2.45) is 0 Å². The van der Waals surface area contributed by atoms with Crippen LogP contribution in [0.25, 0.3) is 0 Å². The lowest BCUT2D eigenvalue weighted by molar-refractivity contribution is -0.142. The number of para-hydroxylation sites is 1. The van der Waals surface area contributed by atoms with Crippen LogP contribution in [0.5, 0.6) is 11.6 Å². The summed E-state index contributed by atoms with van der Waals surface area (Å²) in [5, 5.41) is 0. The fraction of sp³-hybridized carbons (Fsp3) is 0.370. The average molecular weight is 462 g/mol. The predicted molar refractivity (Wildman–Crippen MR) is 125 cm³/mol. The zero-order valence-corrected chi connectivity index (χ0v) is 19.0. The van der Waals surface area contributed by atoms with E-state index in [0.717, 1.165) is 24.1 Å². The van der Waals surface area contributed by atoms with Gasteiger partial charge in [0.1, 0.15) is 17.3 Å². The summed E-state index contributed by atoms with van der Waals surface area (Å²) in [5.41, 5.74) is 0.722. The molecule has 1 amide bonds. The Bertz CT molecular complexity index is 1130. The lowest BCUT2D eigenvalue weighted by Gasteiger charge is -2.42. The first kappa shape index (κ1) is 22.5. The number of aromatic nitrogens is 2. The van der Waals surface area contributed by atoms with Crippen molar-refractivity contribution in [3.05, 3.63) is 84.1 Å². The number of benzene rings is 2. The fourth-order valence-electron chi connectivity index (χ4n) is 5.11. The Kier molecular flexibility index (Phi) is 6.54. The molecule has 0 saturated carbocycles. The van der Waals surface area contributed by atoms with E-state index >= 15 is 0 Å². The summed E-state index contributed by atoms with van der Waals surface area (Å²) in [4.78, 5) is 25.0. The van der Waals surface area contributed by atoms with E-state index in [1.165, 1.54) is 12.1 Å². The molecule has 1 atom stereocenters. The first-order chi connectivity index (χ1) is 16.7. The Balaban J connectivity index is 1.41. The summed E-state index contributed by atoms with van der Waals surface area (Å²) in [5.74, 6) is 0.893. The average Bonchev–Trinajstić information content (AvgIpc) is 2.90. The minimum atomic E-state index is -0.770. The van der Waals surface area contributed by atoms with E-state index in [9.17, 15) is 9.18 Å². The van der Waals surface area contributed by atoms with Crippen molar-refractivity contribution in [1.82, 2.24) is 14.9 Å². The van der Waals surface area contributed by atoms with E-state index in [2.05, 4.69) is 9.97 Å². The molecule has 0 radical (unpaired) electrons. The Morgan fingerprint density at radius 2 is 1.85 bits per heavy atom. The maximum Gasteiger partial charge on any atom is 0.241 e. The maximum absolute atomic E-state index is 14.1. The minimum Gasteiger partial charge on any atom is -0.437 e. The molecule has 0 spiro atoms. The van der Waals surface area contributed by atoms with Gasteiger partial charge < -0.3 is 14.4 Å². The van der Waals surface area contributed by atoms with Crippen LogP contribution in [0.15, 0.2) is 67.0 Å². The van der Waals surface area contributed by atoms with Crippen molar-refractivity contribution in [1.29, 1.82) is 0 Å². The monoisotopic (exact) mass is 461 g/mol. The number of hydrogen-bond donors (Lipinski definition) is 0. The van der Waals surface area contributed by atoms with Crippen molar-refractivity contribution in [2.45, 2.75) is 37.0 Å². The summed E-state index contributed by atoms with van der Waals surface area (Å²) in [6.07, 6.45) is 6.13. The molecule has 1 aromatic heterocycles. The summed E-state index contributed by atoms with van der Waals surface area (Å²) in [6.45, 7) is 2.17. The van der Waals surface area contributed by atoms with Gasteiger partial charge >= 0.3 is 0 Å². The number of nitrogens with zero attached hydrogens (tertiary/aromatic N) is 3. The van der Waals surface area contributed by atoms with Crippen LogP contribution in [-0.2, 0) is 14.9 Å². The molecule has 2 saturated heterocycles. The van der Waals surface area contributed by atoms with E-state index < -0.39 is 5.41 Å². The quantitative estimate of drug-likeness (QED) is 0.543. The lowest BCUT2D eigenvalue weighted by Crippen LogP contribution is -2.52. The van der Waals surface area contributed by atoms with Crippen LogP contribution in [-0.4, -0.2) is 47.1 Å². The lowest BCUT2D eigenvalue weighted by atomic mass is 9.72. The van der Waals surface area contributed by atoms with Gasteiger partial charge in [-0.1, -0.05) is 30.3 Å². The molecule has 2 aliphatic heterocycles. The van der Waals surface area contributed by atoms with Crippen LogP contribution >= 0.6 is 0 Å². The molecule has 0 aliphatic carbocycles. The third-order valence-electron chi connectivity index (χ3n) is 6.88. The smallest absolute Gasteiger partial charge is 0.241 e. The first-order valence-electron chi connectivity index (χ1n) is 11.8. The van der Waals surface area contributed by atoms with Crippen molar-refractivity contribution in [3.8, 4) is 11.6 Å². The van der Waals surface area contributed by atoms with Gasteiger partial charge in [0.2, 0.25) is 11.8 Å². The Hall–Kier alpha value is -3.32. The fourth-order valence-corrected chi connectivity index (χ4v) is 5.11. The highest BCUT2D eigenvalue weighted by Crippen LogP contribution is 2.40. The molecule has 2 aromatic carbocycles. The highest BCUT2D eigenvalue weighted by molar-refractivity contribution is 5.88. The van der Waals surface area contributed by atoms with Crippen molar-refractivity contribution in [3.63, 3.8) is 0 Å². The number of likely N-dealkylation sites (tertiary alicyclic amines) is 1. The molecule has 1 unspecified atom stereocenters. The van der Waals surface area contributed by atoms with Crippen molar-refractivity contribution < 1.29 is 18.7 Å². The molecule has 2 fully saturated rings. The van der Waals surface area contributed by atoms with Gasteiger partial charge in [-0.3, -0.25) is 9.78 Å². The summed E-state index contributed by atoms with van der Waals surface area (Å²) in [7, 11) is 0. The number of amides is 1. The number of rotatable bonds is 5. The van der Waals surface area contributed by atoms with Gasteiger partial charge in [-0.15, -0.1) is 0 Å². The topological polar surface area (TPSA) is 64.6 Å². The van der Waals surface area contributed by atoms with Gasteiger partial charge in [0.25, 0.3) is 0 Å². The predicted octanol–water partition coefficient (Wildman–Crippen LogP) is 4.86. The Morgan fingerprint density at radius 1 is 1.06 bits per heavy atom. The number of carbonyl (C=O) groups is 1. The van der Waals surface area contributed by atoms with Gasteiger partial charge in [-0.25, -0.2) is 9.37 Å². The molecule has 3 heterocycles. The number of ether oxygens (including phenoxy) is 2. The van der Waals surface area contributed by atoms with Gasteiger partial charge in [-0.05, 0) is 55.5 Å². The first-order valence-corrected chi connectivity index (χ1v) is 11.8. The van der Waals surface area contributed by atoms with Crippen LogP contribution < -0.4 is 4.74 Å². The molecule has 2 aliphatic rings. The molecule has 7 heteroatoms. The largest absolute Gasteiger partial charge is 0.437 e. The zero-order chi connectivity index (χ0) is 23.4. The second-order valence-corrected chi connectivity index (χ2v) is 8.96. The number of halogens is 1. The summed E-state index contributed by atoms with van der Waals surface area (Å²) >= 11 is 0. The van der Waals surface area contributed by atoms with E-state index in [4.69, 9.17) is 9.47 Å². The molecule has 5 rings (SSSR count). The van der Waals surface area contributed by atoms with E-state index in [0.29, 0.717) is 50.8 Å². The molecule has 3 aromatic rings.